The van der Waals surface area contributed by atoms with E-state index in [2.05, 4.69) is 44.7 Å². The van der Waals surface area contributed by atoms with Gasteiger partial charge in [0.15, 0.2) is 0 Å². The molecule has 2 heterocycles. The monoisotopic (exact) mass is 247 g/mol. The number of rotatable bonds is 2. The minimum Gasteiger partial charge on any atom is -0.444 e. The van der Waals surface area contributed by atoms with Crippen LogP contribution in [0.4, 0.5) is 0 Å². The highest BCUT2D eigenvalue weighted by atomic mass is 16.3. The summed E-state index contributed by atoms with van der Waals surface area (Å²) in [6.45, 7) is 10.6. The lowest BCUT2D eigenvalue weighted by Crippen LogP contribution is -2.11. The van der Waals surface area contributed by atoms with E-state index >= 15 is 0 Å². The van der Waals surface area contributed by atoms with Crippen molar-refractivity contribution in [1.29, 1.82) is 0 Å². The summed E-state index contributed by atoms with van der Waals surface area (Å²) in [5, 5.41) is 4.47. The Kier molecular flexibility index (Phi) is 3.05. The Morgan fingerprint density at radius 1 is 1.28 bits per heavy atom. The van der Waals surface area contributed by atoms with E-state index < -0.39 is 0 Å². The van der Waals surface area contributed by atoms with E-state index in [0.29, 0.717) is 11.8 Å². The van der Waals surface area contributed by atoms with Crippen molar-refractivity contribution < 1.29 is 4.42 Å². The number of hydrogen-bond acceptors (Lipinski definition) is 3. The van der Waals surface area contributed by atoms with E-state index in [1.54, 1.807) is 6.26 Å². The smallest absolute Gasteiger partial charge is 0.229 e. The molecule has 0 aliphatic rings. The zero-order valence-electron chi connectivity index (χ0n) is 12.0. The Morgan fingerprint density at radius 2 is 1.94 bits per heavy atom. The average Bonchev–Trinajstić information content (AvgIpc) is 2.81. The highest BCUT2D eigenvalue weighted by Crippen LogP contribution is 2.30. The molecule has 0 bridgehead atoms. The molecule has 4 heteroatoms. The predicted octanol–water partition coefficient (Wildman–Crippen LogP) is 3.50. The summed E-state index contributed by atoms with van der Waals surface area (Å²) < 4.78 is 7.43. The van der Waals surface area contributed by atoms with Crippen molar-refractivity contribution in [3.05, 3.63) is 23.8 Å². The van der Waals surface area contributed by atoms with Crippen LogP contribution in [-0.4, -0.2) is 14.8 Å². The molecule has 18 heavy (non-hydrogen) atoms. The summed E-state index contributed by atoms with van der Waals surface area (Å²) in [5.41, 5.74) is 2.99. The second-order valence-electron chi connectivity index (χ2n) is 6.04. The Morgan fingerprint density at radius 3 is 2.44 bits per heavy atom. The van der Waals surface area contributed by atoms with Crippen molar-refractivity contribution in [2.75, 3.05) is 0 Å². The van der Waals surface area contributed by atoms with Crippen molar-refractivity contribution >= 4 is 0 Å². The molecule has 0 radical (unpaired) electrons. The van der Waals surface area contributed by atoms with Crippen molar-refractivity contribution in [2.24, 2.45) is 7.05 Å². The first-order chi connectivity index (χ1) is 8.29. The first-order valence-electron chi connectivity index (χ1n) is 6.29. The quantitative estimate of drug-likeness (QED) is 0.815. The lowest BCUT2D eigenvalue weighted by Gasteiger charge is -2.12. The SMILES string of the molecule is CC(C)c1nn(C)cc1-c1nc(C(C)(C)C)co1. The van der Waals surface area contributed by atoms with E-state index in [9.17, 15) is 0 Å². The topological polar surface area (TPSA) is 43.9 Å². The van der Waals surface area contributed by atoms with Crippen LogP contribution < -0.4 is 0 Å². The Balaban J connectivity index is 2.46. The van der Waals surface area contributed by atoms with Crippen LogP contribution in [0.25, 0.3) is 11.5 Å². The molecule has 0 unspecified atom stereocenters. The van der Waals surface area contributed by atoms with E-state index in [-0.39, 0.29) is 5.41 Å². The van der Waals surface area contributed by atoms with Gasteiger partial charge in [0.1, 0.15) is 6.26 Å². The molecule has 0 N–H and O–H groups in total. The van der Waals surface area contributed by atoms with Gasteiger partial charge in [0.25, 0.3) is 0 Å². The largest absolute Gasteiger partial charge is 0.444 e. The molecular weight excluding hydrogens is 226 g/mol. The number of aryl methyl sites for hydroxylation is 1. The number of aromatic nitrogens is 3. The van der Waals surface area contributed by atoms with Crippen LogP contribution in [0, 0.1) is 0 Å². The van der Waals surface area contributed by atoms with Crippen molar-refractivity contribution in [3.8, 4) is 11.5 Å². The molecule has 0 atom stereocenters. The third kappa shape index (κ3) is 2.33. The molecule has 0 aliphatic carbocycles. The minimum absolute atomic E-state index is 0.00194. The van der Waals surface area contributed by atoms with Crippen LogP contribution >= 0.6 is 0 Å². The first kappa shape index (κ1) is 12.9. The third-order valence-electron chi connectivity index (χ3n) is 2.91. The first-order valence-corrected chi connectivity index (χ1v) is 6.29. The maximum absolute atomic E-state index is 5.62. The molecule has 0 fully saturated rings. The van der Waals surface area contributed by atoms with Gasteiger partial charge in [0.05, 0.1) is 17.0 Å². The molecule has 2 rings (SSSR count). The maximum atomic E-state index is 5.62. The van der Waals surface area contributed by atoms with E-state index in [0.717, 1.165) is 17.0 Å². The molecule has 0 spiro atoms. The van der Waals surface area contributed by atoms with Crippen molar-refractivity contribution in [1.82, 2.24) is 14.8 Å². The van der Waals surface area contributed by atoms with Gasteiger partial charge in [-0.2, -0.15) is 5.10 Å². The van der Waals surface area contributed by atoms with Crippen LogP contribution in [0.3, 0.4) is 0 Å². The molecule has 0 saturated carbocycles. The molecule has 98 valence electrons. The lowest BCUT2D eigenvalue weighted by atomic mass is 9.93. The molecular formula is C14H21N3O. The number of nitrogens with zero attached hydrogens (tertiary/aromatic N) is 3. The summed E-state index contributed by atoms with van der Waals surface area (Å²) >= 11 is 0. The lowest BCUT2D eigenvalue weighted by molar-refractivity contribution is 0.543. The van der Waals surface area contributed by atoms with Crippen molar-refractivity contribution in [3.63, 3.8) is 0 Å². The Hall–Kier alpha value is -1.58. The fraction of sp³-hybridized carbons (Fsp3) is 0.571. The van der Waals surface area contributed by atoms with Gasteiger partial charge in [-0.05, 0) is 5.92 Å². The number of oxazole rings is 1. The fourth-order valence-corrected chi connectivity index (χ4v) is 1.84. The van der Waals surface area contributed by atoms with Crippen LogP contribution in [0.2, 0.25) is 0 Å². The summed E-state index contributed by atoms with van der Waals surface area (Å²) in [7, 11) is 1.92. The van der Waals surface area contributed by atoms with Crippen LogP contribution in [0.5, 0.6) is 0 Å². The second-order valence-corrected chi connectivity index (χ2v) is 6.04. The zero-order chi connectivity index (χ0) is 13.5. The fourth-order valence-electron chi connectivity index (χ4n) is 1.84. The molecule has 4 nitrogen and oxygen atoms in total. The molecule has 2 aromatic heterocycles. The minimum atomic E-state index is 0.00194. The number of hydrogen-bond donors (Lipinski definition) is 0. The van der Waals surface area contributed by atoms with Gasteiger partial charge < -0.3 is 4.42 Å². The summed E-state index contributed by atoms with van der Waals surface area (Å²) in [5.74, 6) is 1.02. The van der Waals surface area contributed by atoms with Crippen LogP contribution in [0.1, 0.15) is 51.9 Å². The van der Waals surface area contributed by atoms with Crippen LogP contribution in [-0.2, 0) is 12.5 Å². The standard InChI is InChI=1S/C14H21N3O/c1-9(2)12-10(7-17(6)16-12)13-15-11(8-18-13)14(3,4)5/h7-9H,1-6H3. The zero-order valence-corrected chi connectivity index (χ0v) is 12.0. The normalized spacial score (nSPS) is 12.4. The maximum Gasteiger partial charge on any atom is 0.229 e. The van der Waals surface area contributed by atoms with Crippen molar-refractivity contribution in [2.45, 2.75) is 46.0 Å². The van der Waals surface area contributed by atoms with E-state index in [4.69, 9.17) is 4.42 Å². The summed E-state index contributed by atoms with van der Waals surface area (Å²) in [4.78, 5) is 4.59. The highest BCUT2D eigenvalue weighted by molar-refractivity contribution is 5.56. The average molecular weight is 247 g/mol. The van der Waals surface area contributed by atoms with Gasteiger partial charge >= 0.3 is 0 Å². The predicted molar refractivity (Wildman–Crippen MR) is 71.5 cm³/mol. The van der Waals surface area contributed by atoms with Gasteiger partial charge in [-0.15, -0.1) is 0 Å². The van der Waals surface area contributed by atoms with Gasteiger partial charge in [-0.1, -0.05) is 34.6 Å². The molecule has 2 aromatic rings. The highest BCUT2D eigenvalue weighted by Gasteiger charge is 2.22. The Bertz CT molecular complexity index is 544. The molecule has 0 aliphatic heterocycles. The summed E-state index contributed by atoms with van der Waals surface area (Å²) in [6, 6.07) is 0. The summed E-state index contributed by atoms with van der Waals surface area (Å²) in [6.07, 6.45) is 3.71. The van der Waals surface area contributed by atoms with Gasteiger partial charge in [-0.25, -0.2) is 4.98 Å². The van der Waals surface area contributed by atoms with Gasteiger partial charge in [0, 0.05) is 18.7 Å². The van der Waals surface area contributed by atoms with E-state index in [1.165, 1.54) is 0 Å². The third-order valence-corrected chi connectivity index (χ3v) is 2.91. The van der Waals surface area contributed by atoms with Gasteiger partial charge in [0.2, 0.25) is 5.89 Å². The van der Waals surface area contributed by atoms with Gasteiger partial charge in [-0.3, -0.25) is 4.68 Å². The Labute approximate surface area is 108 Å². The molecule has 0 aromatic carbocycles. The molecule has 0 saturated heterocycles. The van der Waals surface area contributed by atoms with Crippen LogP contribution in [0.15, 0.2) is 16.9 Å². The van der Waals surface area contributed by atoms with E-state index in [1.807, 2.05) is 17.9 Å². The molecule has 0 amide bonds. The second kappa shape index (κ2) is 4.26.